The van der Waals surface area contributed by atoms with Crippen LogP contribution < -0.4 is 5.32 Å². The van der Waals surface area contributed by atoms with Crippen LogP contribution in [0, 0.1) is 0 Å². The smallest absolute Gasteiger partial charge is 0.261 e. The second-order valence-corrected chi connectivity index (χ2v) is 5.60. The second-order valence-electron chi connectivity index (χ2n) is 3.14. The predicted octanol–water partition coefficient (Wildman–Crippen LogP) is 2.67. The lowest BCUT2D eigenvalue weighted by Crippen LogP contribution is -2.35. The van der Waals surface area contributed by atoms with Gasteiger partial charge in [-0.1, -0.05) is 0 Å². The molecule has 0 aliphatic rings. The molecule has 0 fully saturated rings. The lowest BCUT2D eigenvalue weighted by Gasteiger charge is -2.12. The SMILES string of the molecule is CCOCC(C)NC(=O)c1ccc(Br)s1. The summed E-state index contributed by atoms with van der Waals surface area (Å²) in [7, 11) is 0. The van der Waals surface area contributed by atoms with Gasteiger partial charge in [0.1, 0.15) is 0 Å². The van der Waals surface area contributed by atoms with Crippen molar-refractivity contribution in [2.75, 3.05) is 13.2 Å². The standard InChI is InChI=1S/C10H14BrNO2S/c1-3-14-6-7(2)12-10(13)8-4-5-9(11)15-8/h4-5,7H,3,6H2,1-2H3,(H,12,13). The van der Waals surface area contributed by atoms with Gasteiger partial charge in [-0.3, -0.25) is 4.79 Å². The topological polar surface area (TPSA) is 38.3 Å². The molecule has 0 aliphatic heterocycles. The van der Waals surface area contributed by atoms with E-state index in [-0.39, 0.29) is 11.9 Å². The van der Waals surface area contributed by atoms with Crippen molar-refractivity contribution in [1.29, 1.82) is 0 Å². The van der Waals surface area contributed by atoms with E-state index in [1.165, 1.54) is 11.3 Å². The molecule has 1 aromatic heterocycles. The number of halogens is 1. The van der Waals surface area contributed by atoms with Crippen LogP contribution in [0.4, 0.5) is 0 Å². The predicted molar refractivity (Wildman–Crippen MR) is 65.4 cm³/mol. The third-order valence-electron chi connectivity index (χ3n) is 1.75. The Labute approximate surface area is 102 Å². The van der Waals surface area contributed by atoms with Gasteiger partial charge in [0.05, 0.1) is 15.3 Å². The molecule has 1 amide bonds. The van der Waals surface area contributed by atoms with Gasteiger partial charge < -0.3 is 10.1 Å². The van der Waals surface area contributed by atoms with Gasteiger partial charge in [-0.15, -0.1) is 11.3 Å². The summed E-state index contributed by atoms with van der Waals surface area (Å²) in [6.07, 6.45) is 0. The zero-order chi connectivity index (χ0) is 11.3. The van der Waals surface area contributed by atoms with Gasteiger partial charge >= 0.3 is 0 Å². The van der Waals surface area contributed by atoms with Gasteiger partial charge in [0, 0.05) is 12.6 Å². The molecular weight excluding hydrogens is 278 g/mol. The van der Waals surface area contributed by atoms with Gasteiger partial charge in [0.15, 0.2) is 0 Å². The molecular formula is C10H14BrNO2S. The van der Waals surface area contributed by atoms with Crippen molar-refractivity contribution < 1.29 is 9.53 Å². The number of thiophene rings is 1. The summed E-state index contributed by atoms with van der Waals surface area (Å²) in [5.74, 6) is -0.0436. The van der Waals surface area contributed by atoms with Crippen LogP contribution in [0.2, 0.25) is 0 Å². The minimum atomic E-state index is -0.0436. The van der Waals surface area contributed by atoms with Crippen molar-refractivity contribution in [3.05, 3.63) is 20.8 Å². The summed E-state index contributed by atoms with van der Waals surface area (Å²) in [6.45, 7) is 5.08. The van der Waals surface area contributed by atoms with Crippen LogP contribution >= 0.6 is 27.3 Å². The van der Waals surface area contributed by atoms with Crippen molar-refractivity contribution in [2.45, 2.75) is 19.9 Å². The number of carbonyl (C=O) groups excluding carboxylic acids is 1. The first-order valence-electron chi connectivity index (χ1n) is 4.77. The Balaban J connectivity index is 2.42. The summed E-state index contributed by atoms with van der Waals surface area (Å²) >= 11 is 4.75. The highest BCUT2D eigenvalue weighted by Gasteiger charge is 2.11. The minimum Gasteiger partial charge on any atom is -0.380 e. The molecule has 0 aliphatic carbocycles. The number of rotatable bonds is 5. The maximum absolute atomic E-state index is 11.7. The Morgan fingerprint density at radius 2 is 2.40 bits per heavy atom. The molecule has 1 rings (SSSR count). The minimum absolute atomic E-state index is 0.0401. The summed E-state index contributed by atoms with van der Waals surface area (Å²) < 4.78 is 6.18. The van der Waals surface area contributed by atoms with Crippen LogP contribution in [0.1, 0.15) is 23.5 Å². The zero-order valence-corrected chi connectivity index (χ0v) is 11.2. The fourth-order valence-electron chi connectivity index (χ4n) is 1.07. The van der Waals surface area contributed by atoms with Crippen LogP contribution in [0.5, 0.6) is 0 Å². The molecule has 84 valence electrons. The number of amides is 1. The molecule has 1 aromatic rings. The first kappa shape index (κ1) is 12.7. The van der Waals surface area contributed by atoms with Crippen molar-refractivity contribution >= 4 is 33.2 Å². The quantitative estimate of drug-likeness (QED) is 0.906. The Morgan fingerprint density at radius 3 is 2.93 bits per heavy atom. The Hall–Kier alpha value is -0.390. The van der Waals surface area contributed by atoms with Crippen LogP contribution in [0.15, 0.2) is 15.9 Å². The van der Waals surface area contributed by atoms with Crippen LogP contribution in [0.3, 0.4) is 0 Å². The van der Waals surface area contributed by atoms with E-state index >= 15 is 0 Å². The summed E-state index contributed by atoms with van der Waals surface area (Å²) in [4.78, 5) is 12.4. The molecule has 0 saturated heterocycles. The Kier molecular flexibility index (Phi) is 5.28. The van der Waals surface area contributed by atoms with Crippen molar-refractivity contribution in [3.63, 3.8) is 0 Å². The maximum atomic E-state index is 11.7. The Bertz CT molecular complexity index is 327. The fourth-order valence-corrected chi connectivity index (χ4v) is 2.36. The molecule has 15 heavy (non-hydrogen) atoms. The lowest BCUT2D eigenvalue weighted by atomic mass is 10.3. The first-order chi connectivity index (χ1) is 7.13. The fraction of sp³-hybridized carbons (Fsp3) is 0.500. The van der Waals surface area contributed by atoms with Gasteiger partial charge in [0.25, 0.3) is 5.91 Å². The molecule has 0 saturated carbocycles. The van der Waals surface area contributed by atoms with E-state index in [1.807, 2.05) is 19.9 Å². The molecule has 1 heterocycles. The molecule has 3 nitrogen and oxygen atoms in total. The van der Waals surface area contributed by atoms with Gasteiger partial charge in [-0.2, -0.15) is 0 Å². The van der Waals surface area contributed by atoms with Gasteiger partial charge in [0.2, 0.25) is 0 Å². The zero-order valence-electron chi connectivity index (χ0n) is 8.75. The Morgan fingerprint density at radius 1 is 1.67 bits per heavy atom. The van der Waals surface area contributed by atoms with E-state index in [1.54, 1.807) is 6.07 Å². The molecule has 1 N–H and O–H groups in total. The molecule has 0 radical (unpaired) electrons. The monoisotopic (exact) mass is 291 g/mol. The largest absolute Gasteiger partial charge is 0.380 e. The average molecular weight is 292 g/mol. The average Bonchev–Trinajstić information content (AvgIpc) is 2.61. The van der Waals surface area contributed by atoms with Gasteiger partial charge in [-0.25, -0.2) is 0 Å². The first-order valence-corrected chi connectivity index (χ1v) is 6.38. The molecule has 5 heteroatoms. The molecule has 0 aromatic carbocycles. The highest BCUT2D eigenvalue weighted by Crippen LogP contribution is 2.21. The molecule has 1 atom stereocenters. The molecule has 1 unspecified atom stereocenters. The van der Waals surface area contributed by atoms with E-state index in [2.05, 4.69) is 21.2 Å². The lowest BCUT2D eigenvalue weighted by molar-refractivity contribution is 0.0876. The van der Waals surface area contributed by atoms with Crippen LogP contribution in [-0.2, 0) is 4.74 Å². The number of ether oxygens (including phenoxy) is 1. The highest BCUT2D eigenvalue weighted by molar-refractivity contribution is 9.11. The number of nitrogens with one attached hydrogen (secondary N) is 1. The van der Waals surface area contributed by atoms with E-state index in [0.29, 0.717) is 18.1 Å². The summed E-state index contributed by atoms with van der Waals surface area (Å²) in [5.41, 5.74) is 0. The summed E-state index contributed by atoms with van der Waals surface area (Å²) in [6, 6.07) is 3.71. The maximum Gasteiger partial charge on any atom is 0.261 e. The number of hydrogen-bond acceptors (Lipinski definition) is 3. The molecule has 0 spiro atoms. The van der Waals surface area contributed by atoms with E-state index in [0.717, 1.165) is 3.79 Å². The van der Waals surface area contributed by atoms with Gasteiger partial charge in [-0.05, 0) is 41.9 Å². The molecule has 0 bridgehead atoms. The number of carbonyl (C=O) groups is 1. The van der Waals surface area contributed by atoms with E-state index in [4.69, 9.17) is 4.74 Å². The van der Waals surface area contributed by atoms with Crippen molar-refractivity contribution in [2.24, 2.45) is 0 Å². The number of hydrogen-bond donors (Lipinski definition) is 1. The van der Waals surface area contributed by atoms with Crippen molar-refractivity contribution in [1.82, 2.24) is 5.32 Å². The normalized spacial score (nSPS) is 12.5. The van der Waals surface area contributed by atoms with E-state index in [9.17, 15) is 4.79 Å². The van der Waals surface area contributed by atoms with Crippen LogP contribution in [-0.4, -0.2) is 25.2 Å². The van der Waals surface area contributed by atoms with Crippen LogP contribution in [0.25, 0.3) is 0 Å². The third-order valence-corrected chi connectivity index (χ3v) is 3.37. The second kappa shape index (κ2) is 6.25. The van der Waals surface area contributed by atoms with Crippen molar-refractivity contribution in [3.8, 4) is 0 Å². The van der Waals surface area contributed by atoms with E-state index < -0.39 is 0 Å². The highest BCUT2D eigenvalue weighted by atomic mass is 79.9. The summed E-state index contributed by atoms with van der Waals surface area (Å²) in [5, 5.41) is 2.87. The third kappa shape index (κ3) is 4.32.